The fraction of sp³-hybridized carbons (Fsp3) is 1.00. The van der Waals surface area contributed by atoms with Crippen molar-refractivity contribution in [2.24, 2.45) is 0 Å². The highest BCUT2D eigenvalue weighted by Crippen LogP contribution is 2.09. The van der Waals surface area contributed by atoms with Crippen LogP contribution in [0.1, 0.15) is 58.3 Å². The zero-order valence-corrected chi connectivity index (χ0v) is 10.8. The molecule has 1 N–H and O–H groups in total. The molecule has 0 saturated heterocycles. The van der Waals surface area contributed by atoms with Crippen LogP contribution in [-0.4, -0.2) is 26.8 Å². The predicted molar refractivity (Wildman–Crippen MR) is 67.3 cm³/mol. The summed E-state index contributed by atoms with van der Waals surface area (Å²) >= 11 is 0. The molecule has 0 aliphatic rings. The van der Waals surface area contributed by atoms with Gasteiger partial charge in [0.1, 0.15) is 0 Å². The molecule has 0 spiro atoms. The summed E-state index contributed by atoms with van der Waals surface area (Å²) in [6.45, 7) is 3.11. The van der Waals surface area contributed by atoms with E-state index in [0.717, 1.165) is 6.61 Å². The van der Waals surface area contributed by atoms with Gasteiger partial charge in [-0.05, 0) is 13.5 Å². The van der Waals surface area contributed by atoms with Crippen LogP contribution in [0.4, 0.5) is 0 Å². The average molecular weight is 215 g/mol. The molecule has 0 aromatic heterocycles. The van der Waals surface area contributed by atoms with Crippen LogP contribution in [0.5, 0.6) is 0 Å². The summed E-state index contributed by atoms with van der Waals surface area (Å²) < 4.78 is 5.14. The van der Waals surface area contributed by atoms with Gasteiger partial charge in [-0.1, -0.05) is 51.9 Å². The van der Waals surface area contributed by atoms with Crippen molar-refractivity contribution in [1.29, 1.82) is 0 Å². The normalized spacial score (nSPS) is 13.0. The number of ether oxygens (including phenoxy) is 1. The standard InChI is InChI=1S/C13H29NO/c1-4-5-6-7-8-9-10-11-13(14-2)12-15-3/h13-14H,4-12H2,1-3H3. The van der Waals surface area contributed by atoms with Gasteiger partial charge in [0.05, 0.1) is 6.61 Å². The van der Waals surface area contributed by atoms with Crippen LogP contribution in [-0.2, 0) is 4.74 Å². The molecule has 92 valence electrons. The van der Waals surface area contributed by atoms with Gasteiger partial charge in [0.15, 0.2) is 0 Å². The minimum absolute atomic E-state index is 0.547. The molecule has 0 saturated carbocycles. The van der Waals surface area contributed by atoms with E-state index in [0.29, 0.717) is 6.04 Å². The Labute approximate surface area is 95.8 Å². The Balaban J connectivity index is 3.14. The van der Waals surface area contributed by atoms with Gasteiger partial charge in [0.25, 0.3) is 0 Å². The molecule has 0 amide bonds. The predicted octanol–water partition coefficient (Wildman–Crippen LogP) is 3.36. The second-order valence-electron chi connectivity index (χ2n) is 4.35. The van der Waals surface area contributed by atoms with Crippen LogP contribution in [0, 0.1) is 0 Å². The maximum Gasteiger partial charge on any atom is 0.0615 e. The van der Waals surface area contributed by atoms with Crippen LogP contribution in [0.15, 0.2) is 0 Å². The first-order chi connectivity index (χ1) is 7.35. The lowest BCUT2D eigenvalue weighted by atomic mass is 10.1. The number of methoxy groups -OCH3 is 1. The van der Waals surface area contributed by atoms with Gasteiger partial charge in [-0.25, -0.2) is 0 Å². The Morgan fingerprint density at radius 1 is 1.00 bits per heavy atom. The monoisotopic (exact) mass is 215 g/mol. The number of hydrogen-bond acceptors (Lipinski definition) is 2. The van der Waals surface area contributed by atoms with Crippen LogP contribution < -0.4 is 5.32 Å². The minimum atomic E-state index is 0.547. The molecule has 0 heterocycles. The van der Waals surface area contributed by atoms with Crippen molar-refractivity contribution >= 4 is 0 Å². The second kappa shape index (κ2) is 12.0. The lowest BCUT2D eigenvalue weighted by Gasteiger charge is -2.14. The van der Waals surface area contributed by atoms with Gasteiger partial charge in [0.2, 0.25) is 0 Å². The zero-order valence-electron chi connectivity index (χ0n) is 10.8. The van der Waals surface area contributed by atoms with Crippen molar-refractivity contribution in [3.8, 4) is 0 Å². The van der Waals surface area contributed by atoms with Crippen molar-refractivity contribution in [2.75, 3.05) is 20.8 Å². The molecule has 0 aromatic rings. The first-order valence-corrected chi connectivity index (χ1v) is 6.51. The number of nitrogens with one attached hydrogen (secondary N) is 1. The number of hydrogen-bond donors (Lipinski definition) is 1. The molecule has 15 heavy (non-hydrogen) atoms. The molecule has 0 aliphatic heterocycles. The van der Waals surface area contributed by atoms with E-state index in [4.69, 9.17) is 4.74 Å². The van der Waals surface area contributed by atoms with E-state index in [-0.39, 0.29) is 0 Å². The van der Waals surface area contributed by atoms with Crippen molar-refractivity contribution in [2.45, 2.75) is 64.3 Å². The van der Waals surface area contributed by atoms with Crippen LogP contribution >= 0.6 is 0 Å². The van der Waals surface area contributed by atoms with Gasteiger partial charge < -0.3 is 10.1 Å². The van der Waals surface area contributed by atoms with Crippen molar-refractivity contribution < 1.29 is 4.74 Å². The molecule has 0 rings (SSSR count). The summed E-state index contributed by atoms with van der Waals surface area (Å²) in [7, 11) is 3.79. The first kappa shape index (κ1) is 14.9. The minimum Gasteiger partial charge on any atom is -0.383 e. The summed E-state index contributed by atoms with van der Waals surface area (Å²) in [6, 6.07) is 0.547. The van der Waals surface area contributed by atoms with E-state index in [1.165, 1.54) is 51.4 Å². The fourth-order valence-corrected chi connectivity index (χ4v) is 1.86. The molecule has 1 atom stereocenters. The Bertz CT molecular complexity index is 117. The highest BCUT2D eigenvalue weighted by molar-refractivity contribution is 4.63. The molecule has 0 aromatic carbocycles. The molecule has 0 radical (unpaired) electrons. The van der Waals surface area contributed by atoms with E-state index in [2.05, 4.69) is 12.2 Å². The summed E-state index contributed by atoms with van der Waals surface area (Å²) in [6.07, 6.45) is 11.0. The van der Waals surface area contributed by atoms with Gasteiger partial charge in [-0.3, -0.25) is 0 Å². The van der Waals surface area contributed by atoms with Crippen LogP contribution in [0.2, 0.25) is 0 Å². The number of rotatable bonds is 11. The highest BCUT2D eigenvalue weighted by Gasteiger charge is 2.03. The largest absolute Gasteiger partial charge is 0.383 e. The molecule has 2 nitrogen and oxygen atoms in total. The summed E-state index contributed by atoms with van der Waals surface area (Å²) in [4.78, 5) is 0. The zero-order chi connectivity index (χ0) is 11.4. The molecule has 0 bridgehead atoms. The summed E-state index contributed by atoms with van der Waals surface area (Å²) in [5, 5.41) is 3.29. The highest BCUT2D eigenvalue weighted by atomic mass is 16.5. The van der Waals surface area contributed by atoms with Crippen LogP contribution in [0.25, 0.3) is 0 Å². The third-order valence-corrected chi connectivity index (χ3v) is 2.93. The Kier molecular flexibility index (Phi) is 11.9. The van der Waals surface area contributed by atoms with Gasteiger partial charge >= 0.3 is 0 Å². The van der Waals surface area contributed by atoms with E-state index in [9.17, 15) is 0 Å². The topological polar surface area (TPSA) is 21.3 Å². The molecule has 1 unspecified atom stereocenters. The quantitative estimate of drug-likeness (QED) is 0.534. The lowest BCUT2D eigenvalue weighted by molar-refractivity contribution is 0.164. The van der Waals surface area contributed by atoms with Crippen molar-refractivity contribution in [3.63, 3.8) is 0 Å². The maximum absolute atomic E-state index is 5.14. The smallest absolute Gasteiger partial charge is 0.0615 e. The fourth-order valence-electron chi connectivity index (χ4n) is 1.86. The maximum atomic E-state index is 5.14. The van der Waals surface area contributed by atoms with E-state index < -0.39 is 0 Å². The van der Waals surface area contributed by atoms with E-state index in [1.54, 1.807) is 7.11 Å². The average Bonchev–Trinajstić information content (AvgIpc) is 2.26. The molecular formula is C13H29NO. The second-order valence-corrected chi connectivity index (χ2v) is 4.35. The Morgan fingerprint density at radius 3 is 2.13 bits per heavy atom. The Hall–Kier alpha value is -0.0800. The van der Waals surface area contributed by atoms with Gasteiger partial charge in [-0.15, -0.1) is 0 Å². The summed E-state index contributed by atoms with van der Waals surface area (Å²) in [5.41, 5.74) is 0. The van der Waals surface area contributed by atoms with Crippen molar-refractivity contribution in [1.82, 2.24) is 5.32 Å². The third kappa shape index (κ3) is 10.2. The lowest BCUT2D eigenvalue weighted by Crippen LogP contribution is -2.29. The SMILES string of the molecule is CCCCCCCCCC(COC)NC. The molecular weight excluding hydrogens is 186 g/mol. The molecule has 0 aliphatic carbocycles. The van der Waals surface area contributed by atoms with Gasteiger partial charge in [0, 0.05) is 13.2 Å². The number of likely N-dealkylation sites (N-methyl/N-ethyl adjacent to an activating group) is 1. The molecule has 2 heteroatoms. The number of unbranched alkanes of at least 4 members (excludes halogenated alkanes) is 6. The van der Waals surface area contributed by atoms with Crippen LogP contribution in [0.3, 0.4) is 0 Å². The van der Waals surface area contributed by atoms with Crippen molar-refractivity contribution in [3.05, 3.63) is 0 Å². The Morgan fingerprint density at radius 2 is 1.60 bits per heavy atom. The van der Waals surface area contributed by atoms with E-state index >= 15 is 0 Å². The third-order valence-electron chi connectivity index (χ3n) is 2.93. The summed E-state index contributed by atoms with van der Waals surface area (Å²) in [5.74, 6) is 0. The van der Waals surface area contributed by atoms with E-state index in [1.807, 2.05) is 7.05 Å². The molecule has 0 fully saturated rings. The first-order valence-electron chi connectivity index (χ1n) is 6.51. The van der Waals surface area contributed by atoms with Gasteiger partial charge in [-0.2, -0.15) is 0 Å².